The maximum Gasteiger partial charge on any atom is 0.122 e. The van der Waals surface area contributed by atoms with Gasteiger partial charge in [0, 0.05) is 18.6 Å². The molecule has 1 fully saturated rings. The van der Waals surface area contributed by atoms with Crippen molar-refractivity contribution < 1.29 is 0 Å². The van der Waals surface area contributed by atoms with E-state index in [9.17, 15) is 5.26 Å². The predicted molar refractivity (Wildman–Crippen MR) is 85.6 cm³/mol. The van der Waals surface area contributed by atoms with E-state index in [-0.39, 0.29) is 5.54 Å². The largest absolute Gasteiger partial charge is 0.298 e. The molecule has 1 aliphatic carbocycles. The molecule has 1 aliphatic rings. The maximum atomic E-state index is 9.83. The molecule has 116 valence electrons. The van der Waals surface area contributed by atoms with Crippen LogP contribution in [0.1, 0.15) is 66.7 Å². The fourth-order valence-corrected chi connectivity index (χ4v) is 2.94. The molecular formula is C17H33N3. The summed E-state index contributed by atoms with van der Waals surface area (Å²) in [5.41, 5.74) is -0.342. The van der Waals surface area contributed by atoms with Crippen LogP contribution in [0.15, 0.2) is 0 Å². The molecule has 1 rings (SSSR count). The van der Waals surface area contributed by atoms with E-state index >= 15 is 0 Å². The van der Waals surface area contributed by atoms with Gasteiger partial charge in [-0.15, -0.1) is 0 Å². The van der Waals surface area contributed by atoms with Crippen molar-refractivity contribution in [2.24, 2.45) is 5.92 Å². The minimum atomic E-state index is -0.342. The SMILES string of the molecule is CCCCN(CC(C#N)(NC(C)C)C1CC1)C(C)CC. The Balaban J connectivity index is 2.80. The molecule has 0 radical (unpaired) electrons. The van der Waals surface area contributed by atoms with Crippen molar-refractivity contribution in [1.29, 1.82) is 5.26 Å². The number of rotatable bonds is 10. The molecule has 2 unspecified atom stereocenters. The van der Waals surface area contributed by atoms with Gasteiger partial charge >= 0.3 is 0 Å². The van der Waals surface area contributed by atoms with E-state index in [0.717, 1.165) is 19.5 Å². The molecule has 1 N–H and O–H groups in total. The van der Waals surface area contributed by atoms with Crippen LogP contribution in [0.25, 0.3) is 0 Å². The van der Waals surface area contributed by atoms with Crippen molar-refractivity contribution in [3.8, 4) is 6.07 Å². The van der Waals surface area contributed by atoms with E-state index in [1.807, 2.05) is 0 Å². The second-order valence-corrected chi connectivity index (χ2v) is 6.74. The van der Waals surface area contributed by atoms with Crippen LogP contribution in [0.5, 0.6) is 0 Å². The van der Waals surface area contributed by atoms with Crippen LogP contribution < -0.4 is 5.32 Å². The minimum Gasteiger partial charge on any atom is -0.298 e. The summed E-state index contributed by atoms with van der Waals surface area (Å²) in [6.07, 6.45) is 5.99. The first-order chi connectivity index (χ1) is 9.49. The molecule has 2 atom stereocenters. The zero-order valence-corrected chi connectivity index (χ0v) is 14.1. The molecule has 0 saturated heterocycles. The fraction of sp³-hybridized carbons (Fsp3) is 0.941. The lowest BCUT2D eigenvalue weighted by atomic mass is 9.92. The Hall–Kier alpha value is -0.590. The summed E-state index contributed by atoms with van der Waals surface area (Å²) in [4.78, 5) is 2.53. The number of unbranched alkanes of at least 4 members (excludes halogenated alkanes) is 1. The van der Waals surface area contributed by atoms with E-state index in [1.165, 1.54) is 25.7 Å². The van der Waals surface area contributed by atoms with Gasteiger partial charge in [-0.05, 0) is 58.9 Å². The van der Waals surface area contributed by atoms with Crippen molar-refractivity contribution in [2.45, 2.75) is 84.3 Å². The molecule has 0 aliphatic heterocycles. The van der Waals surface area contributed by atoms with Gasteiger partial charge in [0.05, 0.1) is 6.07 Å². The summed E-state index contributed by atoms with van der Waals surface area (Å²) < 4.78 is 0. The Morgan fingerprint density at radius 1 is 1.30 bits per heavy atom. The van der Waals surface area contributed by atoms with Crippen molar-refractivity contribution in [2.75, 3.05) is 13.1 Å². The van der Waals surface area contributed by atoms with Crippen LogP contribution >= 0.6 is 0 Å². The van der Waals surface area contributed by atoms with Crippen LogP contribution in [0.4, 0.5) is 0 Å². The summed E-state index contributed by atoms with van der Waals surface area (Å²) in [5.74, 6) is 0.545. The van der Waals surface area contributed by atoms with Gasteiger partial charge in [0.1, 0.15) is 5.54 Å². The number of hydrogen-bond donors (Lipinski definition) is 1. The standard InChI is InChI=1S/C17H33N3/c1-6-8-11-20(15(5)7-2)13-17(12-18,16-9-10-16)19-14(3)4/h14-16,19H,6-11,13H2,1-5H3. The summed E-state index contributed by atoms with van der Waals surface area (Å²) >= 11 is 0. The molecule has 1 saturated carbocycles. The van der Waals surface area contributed by atoms with Crippen molar-refractivity contribution in [1.82, 2.24) is 10.2 Å². The average Bonchev–Trinajstić information content (AvgIpc) is 3.25. The smallest absolute Gasteiger partial charge is 0.122 e. The third-order valence-corrected chi connectivity index (χ3v) is 4.49. The second kappa shape index (κ2) is 8.00. The summed E-state index contributed by atoms with van der Waals surface area (Å²) in [6, 6.07) is 3.56. The van der Waals surface area contributed by atoms with Gasteiger partial charge in [0.25, 0.3) is 0 Å². The van der Waals surface area contributed by atoms with Crippen molar-refractivity contribution >= 4 is 0 Å². The molecular weight excluding hydrogens is 246 g/mol. The zero-order valence-electron chi connectivity index (χ0n) is 14.1. The lowest BCUT2D eigenvalue weighted by Gasteiger charge is -2.38. The van der Waals surface area contributed by atoms with Crippen LogP contribution in [-0.2, 0) is 0 Å². The Bertz CT molecular complexity index is 317. The molecule has 0 heterocycles. The highest BCUT2D eigenvalue weighted by atomic mass is 15.2. The zero-order chi connectivity index (χ0) is 15.2. The number of nitrogens with one attached hydrogen (secondary N) is 1. The van der Waals surface area contributed by atoms with Gasteiger partial charge in [0.2, 0.25) is 0 Å². The highest BCUT2D eigenvalue weighted by Gasteiger charge is 2.47. The highest BCUT2D eigenvalue weighted by Crippen LogP contribution is 2.40. The second-order valence-electron chi connectivity index (χ2n) is 6.74. The molecule has 0 bridgehead atoms. The van der Waals surface area contributed by atoms with Crippen LogP contribution in [0.2, 0.25) is 0 Å². The van der Waals surface area contributed by atoms with E-state index < -0.39 is 0 Å². The van der Waals surface area contributed by atoms with Gasteiger partial charge in [-0.25, -0.2) is 0 Å². The number of nitrogens with zero attached hydrogens (tertiary/aromatic N) is 2. The number of nitriles is 1. The van der Waals surface area contributed by atoms with E-state index in [1.54, 1.807) is 0 Å². The first-order valence-electron chi connectivity index (χ1n) is 8.42. The number of hydrogen-bond acceptors (Lipinski definition) is 3. The fourth-order valence-electron chi connectivity index (χ4n) is 2.94. The monoisotopic (exact) mass is 279 g/mol. The summed E-state index contributed by atoms with van der Waals surface area (Å²) in [6.45, 7) is 13.1. The van der Waals surface area contributed by atoms with E-state index in [2.05, 4.69) is 50.9 Å². The molecule has 0 aromatic carbocycles. The average molecular weight is 279 g/mol. The van der Waals surface area contributed by atoms with Gasteiger partial charge in [0.15, 0.2) is 0 Å². The van der Waals surface area contributed by atoms with E-state index in [0.29, 0.717) is 18.0 Å². The first-order valence-corrected chi connectivity index (χ1v) is 8.42. The summed E-state index contributed by atoms with van der Waals surface area (Å²) in [7, 11) is 0. The third-order valence-electron chi connectivity index (χ3n) is 4.49. The Kier molecular flexibility index (Phi) is 6.99. The quantitative estimate of drug-likeness (QED) is 0.664. The normalized spacial score (nSPS) is 19.9. The molecule has 0 amide bonds. The first kappa shape index (κ1) is 17.5. The Morgan fingerprint density at radius 3 is 2.35 bits per heavy atom. The molecule has 3 nitrogen and oxygen atoms in total. The maximum absolute atomic E-state index is 9.83. The Labute approximate surface area is 125 Å². The van der Waals surface area contributed by atoms with Crippen molar-refractivity contribution in [3.05, 3.63) is 0 Å². The van der Waals surface area contributed by atoms with Gasteiger partial charge in [-0.3, -0.25) is 10.2 Å². The molecule has 0 spiro atoms. The third kappa shape index (κ3) is 4.75. The topological polar surface area (TPSA) is 39.1 Å². The van der Waals surface area contributed by atoms with E-state index in [4.69, 9.17) is 0 Å². The molecule has 20 heavy (non-hydrogen) atoms. The van der Waals surface area contributed by atoms with Crippen molar-refractivity contribution in [3.63, 3.8) is 0 Å². The van der Waals surface area contributed by atoms with Crippen LogP contribution in [0.3, 0.4) is 0 Å². The summed E-state index contributed by atoms with van der Waals surface area (Å²) in [5, 5.41) is 13.4. The lowest BCUT2D eigenvalue weighted by molar-refractivity contribution is 0.142. The van der Waals surface area contributed by atoms with Gasteiger partial charge < -0.3 is 0 Å². The molecule has 0 aromatic heterocycles. The highest BCUT2D eigenvalue weighted by molar-refractivity contribution is 5.17. The minimum absolute atomic E-state index is 0.342. The van der Waals surface area contributed by atoms with Gasteiger partial charge in [-0.1, -0.05) is 20.3 Å². The molecule has 3 heteroatoms. The lowest BCUT2D eigenvalue weighted by Crippen LogP contribution is -2.58. The van der Waals surface area contributed by atoms with Crippen LogP contribution in [-0.4, -0.2) is 35.6 Å². The molecule has 0 aromatic rings. The van der Waals surface area contributed by atoms with Gasteiger partial charge in [-0.2, -0.15) is 5.26 Å². The van der Waals surface area contributed by atoms with Crippen LogP contribution in [0, 0.1) is 17.2 Å². The Morgan fingerprint density at radius 2 is 1.95 bits per heavy atom. The predicted octanol–water partition coefficient (Wildman–Crippen LogP) is 3.56.